The summed E-state index contributed by atoms with van der Waals surface area (Å²) in [6.07, 6.45) is 10.6. The molecule has 1 aliphatic heterocycles. The number of nitrogens with one attached hydrogen (secondary N) is 1. The van der Waals surface area contributed by atoms with Crippen LogP contribution in [0.3, 0.4) is 0 Å². The lowest BCUT2D eigenvalue weighted by molar-refractivity contribution is -0.0970. The van der Waals surface area contributed by atoms with Crippen molar-refractivity contribution in [3.8, 4) is 0 Å². The van der Waals surface area contributed by atoms with Gasteiger partial charge in [-0.25, -0.2) is 0 Å². The summed E-state index contributed by atoms with van der Waals surface area (Å²) in [7, 11) is 0. The summed E-state index contributed by atoms with van der Waals surface area (Å²) in [6, 6.07) is 0.710. The van der Waals surface area contributed by atoms with Crippen LogP contribution in [0.1, 0.15) is 58.3 Å². The van der Waals surface area contributed by atoms with Gasteiger partial charge in [0.05, 0.1) is 5.60 Å². The van der Waals surface area contributed by atoms with Crippen LogP contribution in [0.25, 0.3) is 0 Å². The van der Waals surface area contributed by atoms with Crippen molar-refractivity contribution in [2.75, 3.05) is 13.2 Å². The van der Waals surface area contributed by atoms with Crippen molar-refractivity contribution in [1.29, 1.82) is 0 Å². The molecule has 1 N–H and O–H groups in total. The van der Waals surface area contributed by atoms with E-state index in [9.17, 15) is 0 Å². The van der Waals surface area contributed by atoms with E-state index in [1.54, 1.807) is 0 Å². The van der Waals surface area contributed by atoms with Gasteiger partial charge in [-0.2, -0.15) is 0 Å². The average molecular weight is 211 g/mol. The van der Waals surface area contributed by atoms with E-state index in [4.69, 9.17) is 4.74 Å². The standard InChI is InChI=1S/C13H25NO/c1-2-14-12-7-10-15-13(11-12)8-5-3-4-6-9-13/h12,14H,2-11H2,1H3. The molecule has 2 nitrogen and oxygen atoms in total. The predicted octanol–water partition coefficient (Wildman–Crippen LogP) is 2.87. The molecule has 2 aliphatic rings. The van der Waals surface area contributed by atoms with Crippen molar-refractivity contribution < 1.29 is 4.74 Å². The smallest absolute Gasteiger partial charge is 0.0697 e. The van der Waals surface area contributed by atoms with E-state index >= 15 is 0 Å². The monoisotopic (exact) mass is 211 g/mol. The Balaban J connectivity index is 1.93. The summed E-state index contributed by atoms with van der Waals surface area (Å²) < 4.78 is 6.12. The molecule has 0 bridgehead atoms. The Labute approximate surface area is 93.8 Å². The highest BCUT2D eigenvalue weighted by molar-refractivity contribution is 4.91. The van der Waals surface area contributed by atoms with E-state index in [0.717, 1.165) is 13.2 Å². The van der Waals surface area contributed by atoms with Crippen LogP contribution in [-0.4, -0.2) is 24.8 Å². The van der Waals surface area contributed by atoms with E-state index in [2.05, 4.69) is 12.2 Å². The molecule has 1 saturated heterocycles. The van der Waals surface area contributed by atoms with Crippen LogP contribution >= 0.6 is 0 Å². The maximum absolute atomic E-state index is 6.12. The fourth-order valence-electron chi connectivity index (χ4n) is 3.21. The van der Waals surface area contributed by atoms with Crippen molar-refractivity contribution in [2.45, 2.75) is 69.9 Å². The predicted molar refractivity (Wildman–Crippen MR) is 63.1 cm³/mol. The minimum absolute atomic E-state index is 0.252. The molecule has 0 aromatic heterocycles. The average Bonchev–Trinajstić information content (AvgIpc) is 2.45. The van der Waals surface area contributed by atoms with Crippen LogP contribution in [0.5, 0.6) is 0 Å². The molecule has 0 aromatic carbocycles. The SMILES string of the molecule is CCNC1CCOC2(CCCCCC2)C1. The molecular formula is C13H25NO. The Kier molecular flexibility index (Phi) is 4.04. The third-order valence-corrected chi connectivity index (χ3v) is 4.00. The zero-order chi connectivity index (χ0) is 10.6. The second-order valence-corrected chi connectivity index (χ2v) is 5.19. The molecule has 2 heteroatoms. The zero-order valence-electron chi connectivity index (χ0n) is 10.1. The Morgan fingerprint density at radius 1 is 1.20 bits per heavy atom. The Hall–Kier alpha value is -0.0800. The highest BCUT2D eigenvalue weighted by Gasteiger charge is 2.37. The highest BCUT2D eigenvalue weighted by atomic mass is 16.5. The summed E-state index contributed by atoms with van der Waals surface area (Å²) in [5.41, 5.74) is 0.252. The summed E-state index contributed by atoms with van der Waals surface area (Å²) in [4.78, 5) is 0. The number of hydrogen-bond donors (Lipinski definition) is 1. The maximum Gasteiger partial charge on any atom is 0.0697 e. The normalized spacial score (nSPS) is 31.4. The third-order valence-electron chi connectivity index (χ3n) is 4.00. The van der Waals surface area contributed by atoms with Gasteiger partial charge in [0, 0.05) is 12.6 Å². The topological polar surface area (TPSA) is 21.3 Å². The summed E-state index contributed by atoms with van der Waals surface area (Å²) >= 11 is 0. The Bertz CT molecular complexity index is 183. The molecule has 0 radical (unpaired) electrons. The van der Waals surface area contributed by atoms with Crippen LogP contribution in [0.2, 0.25) is 0 Å². The van der Waals surface area contributed by atoms with Crippen molar-refractivity contribution in [2.24, 2.45) is 0 Å². The number of ether oxygens (including phenoxy) is 1. The number of hydrogen-bond acceptors (Lipinski definition) is 2. The summed E-state index contributed by atoms with van der Waals surface area (Å²) in [5.74, 6) is 0. The summed E-state index contributed by atoms with van der Waals surface area (Å²) in [5, 5.41) is 3.60. The first-order valence-corrected chi connectivity index (χ1v) is 6.72. The lowest BCUT2D eigenvalue weighted by Crippen LogP contribution is -2.46. The first-order chi connectivity index (χ1) is 7.35. The van der Waals surface area contributed by atoms with Gasteiger partial charge >= 0.3 is 0 Å². The maximum atomic E-state index is 6.12. The number of rotatable bonds is 2. The summed E-state index contributed by atoms with van der Waals surface area (Å²) in [6.45, 7) is 4.27. The van der Waals surface area contributed by atoms with Gasteiger partial charge in [0.15, 0.2) is 0 Å². The molecule has 88 valence electrons. The molecule has 1 saturated carbocycles. The van der Waals surface area contributed by atoms with Gasteiger partial charge in [-0.1, -0.05) is 32.6 Å². The van der Waals surface area contributed by atoms with Crippen LogP contribution < -0.4 is 5.32 Å². The van der Waals surface area contributed by atoms with Crippen molar-refractivity contribution >= 4 is 0 Å². The van der Waals surface area contributed by atoms with Gasteiger partial charge in [0.1, 0.15) is 0 Å². The van der Waals surface area contributed by atoms with Crippen LogP contribution in [0.15, 0.2) is 0 Å². The van der Waals surface area contributed by atoms with Crippen molar-refractivity contribution in [1.82, 2.24) is 5.32 Å². The van der Waals surface area contributed by atoms with Crippen LogP contribution in [0.4, 0.5) is 0 Å². The molecule has 1 spiro atoms. The third kappa shape index (κ3) is 2.94. The van der Waals surface area contributed by atoms with Crippen LogP contribution in [0, 0.1) is 0 Å². The lowest BCUT2D eigenvalue weighted by Gasteiger charge is -2.41. The first kappa shape index (κ1) is 11.4. The van der Waals surface area contributed by atoms with E-state index < -0.39 is 0 Å². The second kappa shape index (κ2) is 5.31. The largest absolute Gasteiger partial charge is 0.375 e. The van der Waals surface area contributed by atoms with Gasteiger partial charge < -0.3 is 10.1 Å². The molecule has 2 rings (SSSR count). The van der Waals surface area contributed by atoms with E-state index in [1.165, 1.54) is 51.4 Å². The first-order valence-electron chi connectivity index (χ1n) is 6.72. The van der Waals surface area contributed by atoms with E-state index in [1.807, 2.05) is 0 Å². The Morgan fingerprint density at radius 2 is 1.93 bits per heavy atom. The van der Waals surface area contributed by atoms with Gasteiger partial charge in [-0.05, 0) is 32.2 Å². The van der Waals surface area contributed by atoms with Crippen molar-refractivity contribution in [3.63, 3.8) is 0 Å². The lowest BCUT2D eigenvalue weighted by atomic mass is 9.84. The fraction of sp³-hybridized carbons (Fsp3) is 1.00. The second-order valence-electron chi connectivity index (χ2n) is 5.19. The fourth-order valence-corrected chi connectivity index (χ4v) is 3.21. The van der Waals surface area contributed by atoms with E-state index in [0.29, 0.717) is 6.04 Å². The quantitative estimate of drug-likeness (QED) is 0.758. The van der Waals surface area contributed by atoms with E-state index in [-0.39, 0.29) is 5.60 Å². The van der Waals surface area contributed by atoms with Gasteiger partial charge in [-0.3, -0.25) is 0 Å². The minimum atomic E-state index is 0.252. The van der Waals surface area contributed by atoms with Gasteiger partial charge in [0.2, 0.25) is 0 Å². The molecular weight excluding hydrogens is 186 g/mol. The molecule has 15 heavy (non-hydrogen) atoms. The van der Waals surface area contributed by atoms with Gasteiger partial charge in [-0.15, -0.1) is 0 Å². The minimum Gasteiger partial charge on any atom is -0.375 e. The molecule has 0 aromatic rings. The zero-order valence-corrected chi connectivity index (χ0v) is 10.1. The Morgan fingerprint density at radius 3 is 2.60 bits per heavy atom. The van der Waals surface area contributed by atoms with Crippen LogP contribution in [-0.2, 0) is 4.74 Å². The van der Waals surface area contributed by atoms with Crippen molar-refractivity contribution in [3.05, 3.63) is 0 Å². The molecule has 1 aliphatic carbocycles. The van der Waals surface area contributed by atoms with Gasteiger partial charge in [0.25, 0.3) is 0 Å². The molecule has 1 atom stereocenters. The molecule has 0 amide bonds. The molecule has 1 unspecified atom stereocenters. The molecule has 1 heterocycles. The molecule has 2 fully saturated rings. The highest BCUT2D eigenvalue weighted by Crippen LogP contribution is 2.37.